The first-order chi connectivity index (χ1) is 9.61. The zero-order chi connectivity index (χ0) is 14.5. The molecule has 0 aromatic heterocycles. The van der Waals surface area contributed by atoms with Crippen molar-refractivity contribution in [2.45, 2.75) is 26.2 Å². The quantitative estimate of drug-likeness (QED) is 0.928. The van der Waals surface area contributed by atoms with Crippen molar-refractivity contribution >= 4 is 28.9 Å². The summed E-state index contributed by atoms with van der Waals surface area (Å²) in [5, 5.41) is 12.0. The highest BCUT2D eigenvalue weighted by Gasteiger charge is 2.21. The molecule has 4 nitrogen and oxygen atoms in total. The third-order valence-corrected chi connectivity index (χ3v) is 3.78. The van der Waals surface area contributed by atoms with E-state index in [2.05, 4.69) is 17.1 Å². The highest BCUT2D eigenvalue weighted by Crippen LogP contribution is 2.36. The second kappa shape index (κ2) is 6.62. The molecule has 1 heterocycles. The maximum Gasteiger partial charge on any atom is 0.238 e. The van der Waals surface area contributed by atoms with Crippen LogP contribution in [0.15, 0.2) is 18.2 Å². The summed E-state index contributed by atoms with van der Waals surface area (Å²) in [4.78, 5) is 13.8. The average Bonchev–Trinajstić information content (AvgIpc) is 2.39. The molecule has 1 aromatic carbocycles. The molecular weight excluding hydrogens is 274 g/mol. The summed E-state index contributed by atoms with van der Waals surface area (Å²) in [7, 11) is 0. The van der Waals surface area contributed by atoms with Crippen molar-refractivity contribution in [2.24, 2.45) is 5.92 Å². The van der Waals surface area contributed by atoms with Gasteiger partial charge in [0.1, 0.15) is 6.42 Å². The maximum atomic E-state index is 11.6. The SMILES string of the molecule is CC1CCCN(c2c(Cl)cccc2NC(=O)CC#N)C1. The van der Waals surface area contributed by atoms with Crippen LogP contribution in [0.25, 0.3) is 0 Å². The van der Waals surface area contributed by atoms with Crippen LogP contribution in [0.5, 0.6) is 0 Å². The Kier molecular flexibility index (Phi) is 4.86. The number of anilines is 2. The molecular formula is C15H18ClN3O. The lowest BCUT2D eigenvalue weighted by atomic mass is 9.99. The topological polar surface area (TPSA) is 56.1 Å². The van der Waals surface area contributed by atoms with E-state index in [4.69, 9.17) is 16.9 Å². The number of benzene rings is 1. The average molecular weight is 292 g/mol. The van der Waals surface area contributed by atoms with Gasteiger partial charge < -0.3 is 10.2 Å². The van der Waals surface area contributed by atoms with Crippen LogP contribution in [0, 0.1) is 17.2 Å². The Morgan fingerprint density at radius 3 is 3.10 bits per heavy atom. The molecule has 5 heteroatoms. The van der Waals surface area contributed by atoms with Gasteiger partial charge >= 0.3 is 0 Å². The van der Waals surface area contributed by atoms with Gasteiger partial charge in [-0.15, -0.1) is 0 Å². The summed E-state index contributed by atoms with van der Waals surface area (Å²) in [5.74, 6) is 0.309. The van der Waals surface area contributed by atoms with Crippen LogP contribution in [0.1, 0.15) is 26.2 Å². The molecule has 1 N–H and O–H groups in total. The lowest BCUT2D eigenvalue weighted by Crippen LogP contribution is -2.35. The predicted molar refractivity (Wildman–Crippen MR) is 80.9 cm³/mol. The molecule has 2 rings (SSSR count). The molecule has 1 saturated heterocycles. The number of piperidine rings is 1. The summed E-state index contributed by atoms with van der Waals surface area (Å²) in [6.07, 6.45) is 2.19. The standard InChI is InChI=1S/C15H18ClN3O/c1-11-4-3-9-19(10-11)15-12(16)5-2-6-13(15)18-14(20)7-8-17/h2,5-6,11H,3-4,7,9-10H2,1H3,(H,18,20). The smallest absolute Gasteiger partial charge is 0.238 e. The van der Waals surface area contributed by atoms with Gasteiger partial charge in [0.05, 0.1) is 22.5 Å². The molecule has 106 valence electrons. The number of nitriles is 1. The molecule has 0 bridgehead atoms. The van der Waals surface area contributed by atoms with Gasteiger partial charge in [0, 0.05) is 13.1 Å². The number of para-hydroxylation sites is 1. The summed E-state index contributed by atoms with van der Waals surface area (Å²) in [6.45, 7) is 4.09. The Morgan fingerprint density at radius 1 is 1.60 bits per heavy atom. The van der Waals surface area contributed by atoms with Crippen molar-refractivity contribution in [3.05, 3.63) is 23.2 Å². The third kappa shape index (κ3) is 3.43. The number of rotatable bonds is 3. The summed E-state index contributed by atoms with van der Waals surface area (Å²) in [5.41, 5.74) is 1.55. The molecule has 1 aromatic rings. The summed E-state index contributed by atoms with van der Waals surface area (Å²) < 4.78 is 0. The van der Waals surface area contributed by atoms with Crippen molar-refractivity contribution in [1.82, 2.24) is 0 Å². The largest absolute Gasteiger partial charge is 0.368 e. The Hall–Kier alpha value is -1.73. The van der Waals surface area contributed by atoms with E-state index in [0.717, 1.165) is 25.2 Å². The maximum absolute atomic E-state index is 11.6. The van der Waals surface area contributed by atoms with E-state index < -0.39 is 0 Å². The number of hydrogen-bond acceptors (Lipinski definition) is 3. The van der Waals surface area contributed by atoms with Gasteiger partial charge in [0.15, 0.2) is 0 Å². The second-order valence-electron chi connectivity index (χ2n) is 5.21. The highest BCUT2D eigenvalue weighted by molar-refractivity contribution is 6.34. The number of nitrogens with one attached hydrogen (secondary N) is 1. The van der Waals surface area contributed by atoms with Crippen molar-refractivity contribution in [3.63, 3.8) is 0 Å². The highest BCUT2D eigenvalue weighted by atomic mass is 35.5. The van der Waals surface area contributed by atoms with E-state index in [1.807, 2.05) is 18.2 Å². The van der Waals surface area contributed by atoms with Gasteiger partial charge in [-0.1, -0.05) is 24.6 Å². The molecule has 1 fully saturated rings. The number of nitrogens with zero attached hydrogens (tertiary/aromatic N) is 2. The van der Waals surface area contributed by atoms with E-state index in [1.54, 1.807) is 6.07 Å². The minimum absolute atomic E-state index is 0.150. The Morgan fingerprint density at radius 2 is 2.40 bits per heavy atom. The fourth-order valence-electron chi connectivity index (χ4n) is 2.60. The van der Waals surface area contributed by atoms with Crippen LogP contribution in [0.2, 0.25) is 5.02 Å². The minimum atomic E-state index is -0.305. The number of carbonyl (C=O) groups is 1. The van der Waals surface area contributed by atoms with E-state index in [1.165, 1.54) is 6.42 Å². The van der Waals surface area contributed by atoms with E-state index in [-0.39, 0.29) is 12.3 Å². The monoisotopic (exact) mass is 291 g/mol. The van der Waals surface area contributed by atoms with Crippen molar-refractivity contribution in [3.8, 4) is 6.07 Å². The number of hydrogen-bond donors (Lipinski definition) is 1. The molecule has 1 amide bonds. The zero-order valence-corrected chi connectivity index (χ0v) is 12.3. The molecule has 1 aliphatic rings. The van der Waals surface area contributed by atoms with E-state index in [0.29, 0.717) is 16.6 Å². The molecule has 1 atom stereocenters. The zero-order valence-electron chi connectivity index (χ0n) is 11.5. The molecule has 1 aliphatic heterocycles. The Labute approximate surface area is 124 Å². The molecule has 1 unspecified atom stereocenters. The molecule has 0 saturated carbocycles. The molecule has 0 spiro atoms. The van der Waals surface area contributed by atoms with Gasteiger partial charge in [-0.05, 0) is 30.9 Å². The fraction of sp³-hybridized carbons (Fsp3) is 0.467. The van der Waals surface area contributed by atoms with Gasteiger partial charge in [0.2, 0.25) is 5.91 Å². The normalized spacial score (nSPS) is 18.4. The van der Waals surface area contributed by atoms with Crippen LogP contribution < -0.4 is 10.2 Å². The minimum Gasteiger partial charge on any atom is -0.368 e. The lowest BCUT2D eigenvalue weighted by molar-refractivity contribution is -0.115. The van der Waals surface area contributed by atoms with Crippen molar-refractivity contribution in [2.75, 3.05) is 23.3 Å². The van der Waals surface area contributed by atoms with Crippen LogP contribution in [-0.4, -0.2) is 19.0 Å². The Bertz CT molecular complexity index is 538. The van der Waals surface area contributed by atoms with Crippen molar-refractivity contribution < 1.29 is 4.79 Å². The number of halogens is 1. The van der Waals surface area contributed by atoms with Crippen LogP contribution in [0.3, 0.4) is 0 Å². The van der Waals surface area contributed by atoms with E-state index in [9.17, 15) is 4.79 Å². The second-order valence-corrected chi connectivity index (χ2v) is 5.62. The van der Waals surface area contributed by atoms with Crippen molar-refractivity contribution in [1.29, 1.82) is 5.26 Å². The van der Waals surface area contributed by atoms with E-state index >= 15 is 0 Å². The summed E-state index contributed by atoms with van der Waals surface area (Å²) >= 11 is 6.31. The van der Waals surface area contributed by atoms with Gasteiger partial charge in [-0.25, -0.2) is 0 Å². The molecule has 0 aliphatic carbocycles. The van der Waals surface area contributed by atoms with Gasteiger partial charge in [-0.3, -0.25) is 4.79 Å². The Balaban J connectivity index is 2.26. The number of amides is 1. The van der Waals surface area contributed by atoms with Gasteiger partial charge in [-0.2, -0.15) is 5.26 Å². The first-order valence-electron chi connectivity index (χ1n) is 6.82. The van der Waals surface area contributed by atoms with Crippen LogP contribution in [0.4, 0.5) is 11.4 Å². The summed E-state index contributed by atoms with van der Waals surface area (Å²) in [6, 6.07) is 7.32. The third-order valence-electron chi connectivity index (χ3n) is 3.47. The predicted octanol–water partition coefficient (Wildman–Crippen LogP) is 3.43. The number of carbonyl (C=O) groups excluding carboxylic acids is 1. The van der Waals surface area contributed by atoms with Gasteiger partial charge in [0.25, 0.3) is 0 Å². The van der Waals surface area contributed by atoms with Crippen LogP contribution in [-0.2, 0) is 4.79 Å². The first-order valence-corrected chi connectivity index (χ1v) is 7.20. The molecule has 0 radical (unpaired) electrons. The molecule has 20 heavy (non-hydrogen) atoms. The van der Waals surface area contributed by atoms with Crippen LogP contribution >= 0.6 is 11.6 Å². The lowest BCUT2D eigenvalue weighted by Gasteiger charge is -2.34. The fourth-order valence-corrected chi connectivity index (χ4v) is 2.89. The first kappa shape index (κ1) is 14.7.